The van der Waals surface area contributed by atoms with E-state index in [0.29, 0.717) is 29.9 Å². The standard InChI is InChI=1S/C26H25BrN4O3/c27-23-10-5-11-24(30-23)31-25(32)22-12-16(13-28-22)14-29-26(33)34-15-21-19-8-3-1-6-17(19)18-7-2-4-9-20(18)21/h1-11,16,21-22,28H,12-15H2,(H,29,33)(H,30,31,32)/t16-,22-/m0/s1. The molecule has 2 aromatic carbocycles. The molecule has 1 aliphatic heterocycles. The molecule has 1 fully saturated rings. The van der Waals surface area contributed by atoms with Crippen molar-refractivity contribution in [3.05, 3.63) is 82.5 Å². The van der Waals surface area contributed by atoms with Crippen molar-refractivity contribution in [2.24, 2.45) is 5.92 Å². The van der Waals surface area contributed by atoms with Crippen molar-refractivity contribution >= 4 is 33.7 Å². The van der Waals surface area contributed by atoms with Gasteiger partial charge in [0.1, 0.15) is 17.0 Å². The summed E-state index contributed by atoms with van der Waals surface area (Å²) in [7, 11) is 0. The molecule has 1 aliphatic carbocycles. The summed E-state index contributed by atoms with van der Waals surface area (Å²) in [5.74, 6) is 0.549. The Balaban J connectivity index is 1.10. The van der Waals surface area contributed by atoms with Gasteiger partial charge in [0.25, 0.3) is 0 Å². The lowest BCUT2D eigenvalue weighted by Gasteiger charge is -2.15. The summed E-state index contributed by atoms with van der Waals surface area (Å²) < 4.78 is 6.26. The number of nitrogens with one attached hydrogen (secondary N) is 3. The highest BCUT2D eigenvalue weighted by Gasteiger charge is 2.31. The molecule has 34 heavy (non-hydrogen) atoms. The predicted molar refractivity (Wildman–Crippen MR) is 134 cm³/mol. The number of amides is 2. The van der Waals surface area contributed by atoms with Crippen LogP contribution in [0.5, 0.6) is 0 Å². The molecule has 0 radical (unpaired) electrons. The Morgan fingerprint density at radius 2 is 1.71 bits per heavy atom. The second-order valence-electron chi connectivity index (χ2n) is 8.60. The molecule has 3 aromatic rings. The molecule has 0 spiro atoms. The fourth-order valence-corrected chi connectivity index (χ4v) is 5.08. The van der Waals surface area contributed by atoms with E-state index >= 15 is 0 Å². The molecule has 2 atom stereocenters. The number of hydrogen-bond donors (Lipinski definition) is 3. The highest BCUT2D eigenvalue weighted by Crippen LogP contribution is 2.44. The lowest BCUT2D eigenvalue weighted by atomic mass is 9.98. The number of nitrogens with zero attached hydrogens (tertiary/aromatic N) is 1. The first-order valence-corrected chi connectivity index (χ1v) is 12.1. The summed E-state index contributed by atoms with van der Waals surface area (Å²) in [6.45, 7) is 1.38. The molecular formula is C26H25BrN4O3. The third-order valence-electron chi connectivity index (χ3n) is 6.38. The van der Waals surface area contributed by atoms with Crippen LogP contribution < -0.4 is 16.0 Å². The lowest BCUT2D eigenvalue weighted by Crippen LogP contribution is -2.35. The first kappa shape index (κ1) is 22.6. The van der Waals surface area contributed by atoms with E-state index in [1.54, 1.807) is 12.1 Å². The van der Waals surface area contributed by atoms with Crippen molar-refractivity contribution in [1.82, 2.24) is 15.6 Å². The van der Waals surface area contributed by atoms with E-state index in [0.717, 1.165) is 0 Å². The van der Waals surface area contributed by atoms with Gasteiger partial charge in [0.05, 0.1) is 6.04 Å². The molecule has 1 saturated heterocycles. The van der Waals surface area contributed by atoms with E-state index in [1.165, 1.54) is 22.3 Å². The number of anilines is 1. The van der Waals surface area contributed by atoms with Crippen LogP contribution in [0.3, 0.4) is 0 Å². The molecule has 0 unspecified atom stereocenters. The van der Waals surface area contributed by atoms with E-state index in [4.69, 9.17) is 4.74 Å². The second kappa shape index (κ2) is 9.95. The molecule has 0 saturated carbocycles. The van der Waals surface area contributed by atoms with Gasteiger partial charge in [-0.3, -0.25) is 4.79 Å². The minimum Gasteiger partial charge on any atom is -0.449 e. The Morgan fingerprint density at radius 3 is 2.41 bits per heavy atom. The Hall–Kier alpha value is -3.23. The number of ether oxygens (including phenoxy) is 1. The SMILES string of the molecule is O=C(NC[C@@H]1CN[C@H](C(=O)Nc2cccc(Br)n2)C1)OCC1c2ccccc2-c2ccccc21. The van der Waals surface area contributed by atoms with E-state index in [2.05, 4.69) is 61.1 Å². The third kappa shape index (κ3) is 4.83. The van der Waals surface area contributed by atoms with Crippen LogP contribution in [0.1, 0.15) is 23.5 Å². The van der Waals surface area contributed by atoms with Crippen molar-refractivity contribution in [3.63, 3.8) is 0 Å². The van der Waals surface area contributed by atoms with Gasteiger partial charge < -0.3 is 20.7 Å². The average Bonchev–Trinajstić information content (AvgIpc) is 3.45. The maximum absolute atomic E-state index is 12.5. The Kier molecular flexibility index (Phi) is 6.60. The van der Waals surface area contributed by atoms with Gasteiger partial charge in [0.2, 0.25) is 5.91 Å². The molecule has 5 rings (SSSR count). The molecule has 0 bridgehead atoms. The molecule has 1 aromatic heterocycles. The lowest BCUT2D eigenvalue weighted by molar-refractivity contribution is -0.117. The molecule has 2 aliphatic rings. The predicted octanol–water partition coefficient (Wildman–Crippen LogP) is 4.30. The second-order valence-corrected chi connectivity index (χ2v) is 9.42. The maximum Gasteiger partial charge on any atom is 0.407 e. The maximum atomic E-state index is 12.5. The summed E-state index contributed by atoms with van der Waals surface area (Å²) in [5.41, 5.74) is 4.77. The van der Waals surface area contributed by atoms with Crippen molar-refractivity contribution in [2.75, 3.05) is 25.0 Å². The smallest absolute Gasteiger partial charge is 0.407 e. The number of halogens is 1. The summed E-state index contributed by atoms with van der Waals surface area (Å²) in [4.78, 5) is 29.2. The molecule has 8 heteroatoms. The first-order valence-electron chi connectivity index (χ1n) is 11.3. The van der Waals surface area contributed by atoms with E-state index in [9.17, 15) is 9.59 Å². The number of aromatic nitrogens is 1. The van der Waals surface area contributed by atoms with Gasteiger partial charge in [-0.15, -0.1) is 0 Å². The summed E-state index contributed by atoms with van der Waals surface area (Å²) in [5, 5.41) is 8.91. The van der Waals surface area contributed by atoms with E-state index in [1.807, 2.05) is 30.3 Å². The zero-order valence-electron chi connectivity index (χ0n) is 18.5. The van der Waals surface area contributed by atoms with Crippen LogP contribution in [0, 0.1) is 5.92 Å². The number of carbonyl (C=O) groups is 2. The largest absolute Gasteiger partial charge is 0.449 e. The zero-order chi connectivity index (χ0) is 23.5. The minimum atomic E-state index is -0.437. The Labute approximate surface area is 206 Å². The molecular weight excluding hydrogens is 496 g/mol. The van der Waals surface area contributed by atoms with Gasteiger partial charge in [-0.05, 0) is 62.7 Å². The molecule has 2 amide bonds. The molecule has 2 heterocycles. The van der Waals surface area contributed by atoms with Crippen LogP contribution in [0.25, 0.3) is 11.1 Å². The van der Waals surface area contributed by atoms with Gasteiger partial charge in [-0.1, -0.05) is 54.6 Å². The summed E-state index contributed by atoms with van der Waals surface area (Å²) in [6, 6.07) is 21.6. The Bertz CT molecular complexity index is 1170. The fourth-order valence-electron chi connectivity index (χ4n) is 4.73. The van der Waals surface area contributed by atoms with E-state index < -0.39 is 6.09 Å². The van der Waals surface area contributed by atoms with Crippen molar-refractivity contribution < 1.29 is 14.3 Å². The molecule has 174 valence electrons. The van der Waals surface area contributed by atoms with Crippen LogP contribution in [0.4, 0.5) is 10.6 Å². The van der Waals surface area contributed by atoms with Gasteiger partial charge >= 0.3 is 6.09 Å². The van der Waals surface area contributed by atoms with Crippen molar-refractivity contribution in [1.29, 1.82) is 0 Å². The quantitative estimate of drug-likeness (QED) is 0.421. The highest BCUT2D eigenvalue weighted by atomic mass is 79.9. The summed E-state index contributed by atoms with van der Waals surface area (Å²) in [6.07, 6.45) is 0.192. The van der Waals surface area contributed by atoms with Crippen LogP contribution in [0.15, 0.2) is 71.3 Å². The van der Waals surface area contributed by atoms with Crippen molar-refractivity contribution in [3.8, 4) is 11.1 Å². The number of hydrogen-bond acceptors (Lipinski definition) is 5. The minimum absolute atomic E-state index is 0.0333. The zero-order valence-corrected chi connectivity index (χ0v) is 20.0. The van der Waals surface area contributed by atoms with Crippen molar-refractivity contribution in [2.45, 2.75) is 18.4 Å². The van der Waals surface area contributed by atoms with Crippen LogP contribution in [-0.2, 0) is 9.53 Å². The number of rotatable bonds is 6. The molecule has 7 nitrogen and oxygen atoms in total. The monoisotopic (exact) mass is 520 g/mol. The number of fused-ring (bicyclic) bond motifs is 3. The van der Waals surface area contributed by atoms with Crippen LogP contribution in [-0.4, -0.2) is 42.7 Å². The van der Waals surface area contributed by atoms with Gasteiger partial charge in [0, 0.05) is 19.0 Å². The number of alkyl carbamates (subject to hydrolysis) is 1. The number of pyridine rings is 1. The Morgan fingerprint density at radius 1 is 1.00 bits per heavy atom. The topological polar surface area (TPSA) is 92.4 Å². The van der Waals surface area contributed by atoms with Gasteiger partial charge in [0.15, 0.2) is 0 Å². The number of carbonyl (C=O) groups excluding carboxylic acids is 2. The van der Waals surface area contributed by atoms with Gasteiger partial charge in [-0.2, -0.15) is 0 Å². The number of benzene rings is 2. The van der Waals surface area contributed by atoms with Crippen LogP contribution >= 0.6 is 15.9 Å². The van der Waals surface area contributed by atoms with Gasteiger partial charge in [-0.25, -0.2) is 9.78 Å². The average molecular weight is 521 g/mol. The molecule has 3 N–H and O–H groups in total. The van der Waals surface area contributed by atoms with Crippen LogP contribution in [0.2, 0.25) is 0 Å². The fraction of sp³-hybridized carbons (Fsp3) is 0.269. The normalized spacial score (nSPS) is 18.7. The third-order valence-corrected chi connectivity index (χ3v) is 6.83. The first-order chi connectivity index (χ1) is 16.6. The summed E-state index contributed by atoms with van der Waals surface area (Å²) >= 11 is 3.30. The van der Waals surface area contributed by atoms with E-state index in [-0.39, 0.29) is 30.4 Å². The highest BCUT2D eigenvalue weighted by molar-refractivity contribution is 9.10.